The summed E-state index contributed by atoms with van der Waals surface area (Å²) in [5.74, 6) is 1.49. The molecule has 2 aliphatic rings. The maximum Gasteiger partial charge on any atom is 0.310 e. The lowest BCUT2D eigenvalue weighted by Gasteiger charge is -2.15. The number of carbonyl (C=O) groups is 1. The van der Waals surface area contributed by atoms with Crippen LogP contribution in [-0.2, 0) is 9.53 Å². The van der Waals surface area contributed by atoms with Crippen LogP contribution in [0.3, 0.4) is 0 Å². The Hall–Kier alpha value is -0.570. The Kier molecular flexibility index (Phi) is 2.54. The maximum absolute atomic E-state index is 11.5. The molecule has 0 aromatic rings. The third kappa shape index (κ3) is 1.85. The Morgan fingerprint density at radius 3 is 2.85 bits per heavy atom. The molecule has 2 rings (SSSR count). The summed E-state index contributed by atoms with van der Waals surface area (Å²) in [6.07, 6.45) is 2.62. The van der Waals surface area contributed by atoms with Gasteiger partial charge in [-0.05, 0) is 38.1 Å². The van der Waals surface area contributed by atoms with Gasteiger partial charge in [0, 0.05) is 6.54 Å². The van der Waals surface area contributed by atoms with Gasteiger partial charge in [-0.25, -0.2) is 0 Å². The SMILES string of the molecule is CCOC(=O)[C@@H]1CNC[C@@H]1C1CC1. The standard InChI is InChI=1S/C10H17NO2/c1-2-13-10(12)9-6-11-5-8(9)7-3-4-7/h7-9,11H,2-6H2,1H3/t8-,9-/m1/s1. The van der Waals surface area contributed by atoms with Crippen molar-refractivity contribution in [3.63, 3.8) is 0 Å². The predicted octanol–water partition coefficient (Wildman–Crippen LogP) is 0.795. The predicted molar refractivity (Wildman–Crippen MR) is 49.2 cm³/mol. The zero-order valence-corrected chi connectivity index (χ0v) is 8.08. The van der Waals surface area contributed by atoms with Crippen LogP contribution in [-0.4, -0.2) is 25.7 Å². The highest BCUT2D eigenvalue weighted by Gasteiger charge is 2.43. The molecule has 1 heterocycles. The monoisotopic (exact) mass is 183 g/mol. The number of hydrogen-bond donors (Lipinski definition) is 1. The summed E-state index contributed by atoms with van der Waals surface area (Å²) >= 11 is 0. The van der Waals surface area contributed by atoms with Gasteiger partial charge >= 0.3 is 5.97 Å². The molecule has 0 aromatic heterocycles. The van der Waals surface area contributed by atoms with Gasteiger partial charge in [0.25, 0.3) is 0 Å². The molecule has 74 valence electrons. The van der Waals surface area contributed by atoms with Crippen LogP contribution in [0.2, 0.25) is 0 Å². The van der Waals surface area contributed by atoms with Crippen molar-refractivity contribution in [1.82, 2.24) is 5.32 Å². The van der Waals surface area contributed by atoms with E-state index in [9.17, 15) is 4.79 Å². The van der Waals surface area contributed by atoms with Gasteiger partial charge in [-0.15, -0.1) is 0 Å². The van der Waals surface area contributed by atoms with Gasteiger partial charge in [0.05, 0.1) is 12.5 Å². The van der Waals surface area contributed by atoms with Gasteiger partial charge < -0.3 is 10.1 Å². The Labute approximate surface area is 78.8 Å². The highest BCUT2D eigenvalue weighted by molar-refractivity contribution is 5.73. The van der Waals surface area contributed by atoms with Crippen LogP contribution in [0.5, 0.6) is 0 Å². The highest BCUT2D eigenvalue weighted by atomic mass is 16.5. The number of nitrogens with one attached hydrogen (secondary N) is 1. The van der Waals surface area contributed by atoms with Gasteiger partial charge in [-0.1, -0.05) is 0 Å². The molecule has 0 unspecified atom stereocenters. The average molecular weight is 183 g/mol. The molecule has 0 radical (unpaired) electrons. The molecular weight excluding hydrogens is 166 g/mol. The van der Waals surface area contributed by atoms with Crippen LogP contribution < -0.4 is 5.32 Å². The quantitative estimate of drug-likeness (QED) is 0.658. The second-order valence-corrected chi connectivity index (χ2v) is 4.02. The van der Waals surface area contributed by atoms with Crippen molar-refractivity contribution in [2.75, 3.05) is 19.7 Å². The van der Waals surface area contributed by atoms with Gasteiger partial charge in [0.2, 0.25) is 0 Å². The van der Waals surface area contributed by atoms with Gasteiger partial charge in [-0.2, -0.15) is 0 Å². The van der Waals surface area contributed by atoms with E-state index in [-0.39, 0.29) is 11.9 Å². The largest absolute Gasteiger partial charge is 0.466 e. The molecule has 1 saturated heterocycles. The minimum atomic E-state index is 0.00407. The van der Waals surface area contributed by atoms with E-state index in [1.54, 1.807) is 0 Å². The highest BCUT2D eigenvalue weighted by Crippen LogP contribution is 2.42. The van der Waals surface area contributed by atoms with Crippen LogP contribution >= 0.6 is 0 Å². The molecule has 1 aliphatic heterocycles. The van der Waals surface area contributed by atoms with E-state index in [0.29, 0.717) is 12.5 Å². The average Bonchev–Trinajstić information content (AvgIpc) is 2.84. The molecule has 2 atom stereocenters. The normalized spacial score (nSPS) is 33.3. The van der Waals surface area contributed by atoms with E-state index in [4.69, 9.17) is 4.74 Å². The fourth-order valence-corrected chi connectivity index (χ4v) is 2.23. The van der Waals surface area contributed by atoms with Crippen LogP contribution in [0.25, 0.3) is 0 Å². The summed E-state index contributed by atoms with van der Waals surface area (Å²) in [5, 5.41) is 3.28. The molecule has 3 nitrogen and oxygen atoms in total. The van der Waals surface area contributed by atoms with E-state index in [1.807, 2.05) is 6.92 Å². The summed E-state index contributed by atoms with van der Waals surface area (Å²) < 4.78 is 5.06. The molecule has 13 heavy (non-hydrogen) atoms. The van der Waals surface area contributed by atoms with Crippen molar-refractivity contribution < 1.29 is 9.53 Å². The lowest BCUT2D eigenvalue weighted by atomic mass is 9.92. The zero-order valence-electron chi connectivity index (χ0n) is 8.08. The Morgan fingerprint density at radius 2 is 2.23 bits per heavy atom. The minimum Gasteiger partial charge on any atom is -0.466 e. The van der Waals surface area contributed by atoms with E-state index in [0.717, 1.165) is 19.0 Å². The number of rotatable bonds is 3. The molecule has 1 aliphatic carbocycles. The van der Waals surface area contributed by atoms with Crippen molar-refractivity contribution in [3.05, 3.63) is 0 Å². The molecule has 0 bridgehead atoms. The van der Waals surface area contributed by atoms with Crippen molar-refractivity contribution in [2.45, 2.75) is 19.8 Å². The lowest BCUT2D eigenvalue weighted by molar-refractivity contribution is -0.148. The first-order valence-electron chi connectivity index (χ1n) is 5.20. The van der Waals surface area contributed by atoms with Crippen molar-refractivity contribution in [3.8, 4) is 0 Å². The molecule has 3 heteroatoms. The molecule has 0 spiro atoms. The molecular formula is C10H17NO2. The van der Waals surface area contributed by atoms with Crippen LogP contribution in [0.1, 0.15) is 19.8 Å². The Bertz CT molecular complexity index is 201. The number of esters is 1. The first kappa shape index (κ1) is 9.00. The minimum absolute atomic E-state index is 0.00407. The summed E-state index contributed by atoms with van der Waals surface area (Å²) in [5.41, 5.74) is 0. The third-order valence-electron chi connectivity index (χ3n) is 3.08. The molecule has 0 amide bonds. The number of hydrogen-bond acceptors (Lipinski definition) is 3. The summed E-state index contributed by atoms with van der Waals surface area (Å²) in [4.78, 5) is 11.5. The number of carbonyl (C=O) groups excluding carboxylic acids is 1. The second kappa shape index (κ2) is 3.66. The molecule has 1 N–H and O–H groups in total. The lowest BCUT2D eigenvalue weighted by Crippen LogP contribution is -2.26. The smallest absolute Gasteiger partial charge is 0.310 e. The second-order valence-electron chi connectivity index (χ2n) is 4.02. The van der Waals surface area contributed by atoms with Gasteiger partial charge in [0.1, 0.15) is 0 Å². The zero-order chi connectivity index (χ0) is 9.26. The maximum atomic E-state index is 11.5. The first-order valence-corrected chi connectivity index (χ1v) is 5.20. The van der Waals surface area contributed by atoms with Crippen molar-refractivity contribution >= 4 is 5.97 Å². The summed E-state index contributed by atoms with van der Waals surface area (Å²) in [6, 6.07) is 0. The molecule has 1 saturated carbocycles. The fourth-order valence-electron chi connectivity index (χ4n) is 2.23. The van der Waals surface area contributed by atoms with Crippen molar-refractivity contribution in [2.24, 2.45) is 17.8 Å². The van der Waals surface area contributed by atoms with Gasteiger partial charge in [0.15, 0.2) is 0 Å². The van der Waals surface area contributed by atoms with Crippen LogP contribution in [0.15, 0.2) is 0 Å². The van der Waals surface area contributed by atoms with Crippen LogP contribution in [0, 0.1) is 17.8 Å². The Morgan fingerprint density at radius 1 is 1.46 bits per heavy atom. The van der Waals surface area contributed by atoms with E-state index in [2.05, 4.69) is 5.32 Å². The summed E-state index contributed by atoms with van der Waals surface area (Å²) in [7, 11) is 0. The Balaban J connectivity index is 1.92. The van der Waals surface area contributed by atoms with E-state index in [1.165, 1.54) is 12.8 Å². The van der Waals surface area contributed by atoms with Crippen LogP contribution in [0.4, 0.5) is 0 Å². The van der Waals surface area contributed by atoms with Gasteiger partial charge in [-0.3, -0.25) is 4.79 Å². The molecule has 0 aromatic carbocycles. The fraction of sp³-hybridized carbons (Fsp3) is 0.900. The summed E-state index contributed by atoms with van der Waals surface area (Å²) in [6.45, 7) is 4.20. The first-order chi connectivity index (χ1) is 6.33. The third-order valence-corrected chi connectivity index (χ3v) is 3.08. The van der Waals surface area contributed by atoms with E-state index >= 15 is 0 Å². The van der Waals surface area contributed by atoms with E-state index < -0.39 is 0 Å². The topological polar surface area (TPSA) is 38.3 Å². The molecule has 2 fully saturated rings. The van der Waals surface area contributed by atoms with Crippen molar-refractivity contribution in [1.29, 1.82) is 0 Å². The number of ether oxygens (including phenoxy) is 1.